The average molecular weight is 343 g/mol. The summed E-state index contributed by atoms with van der Waals surface area (Å²) < 4.78 is 28.4. The molecule has 2 aromatic carbocycles. The largest absolute Gasteiger partial charge is 0.258 e. The molecule has 0 unspecified atom stereocenters. The molecule has 24 heavy (non-hydrogen) atoms. The standard InChI is InChI=1S/C18H18FN3OS/c1-13(16-10-6-7-11-17(16)19)24(23)14(2)18-12-22(21-20-18)15-8-4-3-5-9-15/h3-14H,1-2H3/t13-,14+,24-/m0/s1. The van der Waals surface area contributed by atoms with Crippen LogP contribution in [-0.2, 0) is 10.8 Å². The van der Waals surface area contributed by atoms with Gasteiger partial charge in [-0.15, -0.1) is 5.10 Å². The van der Waals surface area contributed by atoms with E-state index in [4.69, 9.17) is 0 Å². The highest BCUT2D eigenvalue weighted by molar-refractivity contribution is 7.85. The van der Waals surface area contributed by atoms with Crippen molar-refractivity contribution in [1.29, 1.82) is 0 Å². The Morgan fingerprint density at radius 2 is 1.67 bits per heavy atom. The second-order valence-electron chi connectivity index (χ2n) is 5.56. The Bertz CT molecular complexity index is 850. The van der Waals surface area contributed by atoms with E-state index >= 15 is 0 Å². The number of halogens is 1. The first-order valence-corrected chi connectivity index (χ1v) is 8.97. The minimum absolute atomic E-state index is 0.335. The van der Waals surface area contributed by atoms with Crippen LogP contribution in [0.2, 0.25) is 0 Å². The molecule has 124 valence electrons. The number of aromatic nitrogens is 3. The molecule has 3 atom stereocenters. The smallest absolute Gasteiger partial charge is 0.127 e. The third-order valence-electron chi connectivity index (χ3n) is 3.99. The van der Waals surface area contributed by atoms with Crippen LogP contribution in [0, 0.1) is 5.82 Å². The fourth-order valence-corrected chi connectivity index (χ4v) is 3.92. The predicted octanol–water partition coefficient (Wildman–Crippen LogP) is 3.98. The average Bonchev–Trinajstić information content (AvgIpc) is 3.11. The number of benzene rings is 2. The zero-order valence-corrected chi connectivity index (χ0v) is 14.3. The molecule has 1 aromatic heterocycles. The quantitative estimate of drug-likeness (QED) is 0.704. The lowest BCUT2D eigenvalue weighted by molar-refractivity contribution is 0.605. The van der Waals surface area contributed by atoms with Crippen molar-refractivity contribution < 1.29 is 8.60 Å². The fraction of sp³-hybridized carbons (Fsp3) is 0.222. The molecule has 0 fully saturated rings. The van der Waals surface area contributed by atoms with Gasteiger partial charge in [0.2, 0.25) is 0 Å². The summed E-state index contributed by atoms with van der Waals surface area (Å²) in [6.45, 7) is 3.60. The Labute approximate surface area is 142 Å². The Morgan fingerprint density at radius 3 is 2.38 bits per heavy atom. The molecule has 0 aliphatic rings. The fourth-order valence-electron chi connectivity index (χ4n) is 2.53. The molecule has 0 aliphatic heterocycles. The summed E-state index contributed by atoms with van der Waals surface area (Å²) in [6.07, 6.45) is 1.77. The predicted molar refractivity (Wildman–Crippen MR) is 92.7 cm³/mol. The van der Waals surface area contributed by atoms with Gasteiger partial charge in [-0.3, -0.25) is 4.21 Å². The van der Waals surface area contributed by atoms with Gasteiger partial charge in [-0.1, -0.05) is 41.6 Å². The molecular formula is C18H18FN3OS. The van der Waals surface area contributed by atoms with E-state index in [0.717, 1.165) is 5.69 Å². The van der Waals surface area contributed by atoms with E-state index in [2.05, 4.69) is 10.3 Å². The van der Waals surface area contributed by atoms with Crippen molar-refractivity contribution in [3.8, 4) is 5.69 Å². The van der Waals surface area contributed by atoms with Crippen LogP contribution >= 0.6 is 0 Å². The minimum atomic E-state index is -1.32. The molecule has 0 bridgehead atoms. The highest BCUT2D eigenvalue weighted by Crippen LogP contribution is 2.30. The first-order chi connectivity index (χ1) is 11.6. The molecule has 0 radical (unpaired) electrons. The minimum Gasteiger partial charge on any atom is -0.258 e. The first-order valence-electron chi connectivity index (χ1n) is 7.69. The Morgan fingerprint density at radius 1 is 1.00 bits per heavy atom. The van der Waals surface area contributed by atoms with E-state index in [-0.39, 0.29) is 11.1 Å². The third-order valence-corrected chi connectivity index (χ3v) is 5.88. The summed E-state index contributed by atoms with van der Waals surface area (Å²) >= 11 is 0. The van der Waals surface area contributed by atoms with Crippen molar-refractivity contribution in [3.63, 3.8) is 0 Å². The first kappa shape index (κ1) is 16.5. The molecule has 0 saturated heterocycles. The molecular weight excluding hydrogens is 325 g/mol. The molecule has 0 aliphatic carbocycles. The van der Waals surface area contributed by atoms with E-state index in [9.17, 15) is 8.60 Å². The molecule has 1 heterocycles. The Kier molecular flexibility index (Phi) is 4.85. The van der Waals surface area contributed by atoms with Crippen LogP contribution in [0.4, 0.5) is 4.39 Å². The van der Waals surface area contributed by atoms with E-state index in [0.29, 0.717) is 11.3 Å². The molecule has 3 rings (SSSR count). The molecule has 0 spiro atoms. The molecule has 0 saturated carbocycles. The van der Waals surface area contributed by atoms with Crippen LogP contribution in [0.5, 0.6) is 0 Å². The zero-order chi connectivity index (χ0) is 17.1. The number of rotatable bonds is 5. The lowest BCUT2D eigenvalue weighted by Crippen LogP contribution is -2.11. The lowest BCUT2D eigenvalue weighted by atomic mass is 10.1. The van der Waals surface area contributed by atoms with Crippen LogP contribution in [0.15, 0.2) is 60.8 Å². The second-order valence-corrected chi connectivity index (χ2v) is 7.63. The molecule has 0 N–H and O–H groups in total. The van der Waals surface area contributed by atoms with Crippen molar-refractivity contribution >= 4 is 10.8 Å². The van der Waals surface area contributed by atoms with E-state index in [1.807, 2.05) is 37.3 Å². The van der Waals surface area contributed by atoms with Crippen LogP contribution in [0.1, 0.15) is 35.6 Å². The van der Waals surface area contributed by atoms with Gasteiger partial charge in [0.05, 0.1) is 28.1 Å². The van der Waals surface area contributed by atoms with Crippen molar-refractivity contribution in [3.05, 3.63) is 77.9 Å². The van der Waals surface area contributed by atoms with Gasteiger partial charge < -0.3 is 0 Å². The number of hydrogen-bond acceptors (Lipinski definition) is 3. The van der Waals surface area contributed by atoms with Crippen LogP contribution in [-0.4, -0.2) is 19.2 Å². The highest BCUT2D eigenvalue weighted by atomic mass is 32.2. The monoisotopic (exact) mass is 343 g/mol. The summed E-state index contributed by atoms with van der Waals surface area (Å²) in [5.74, 6) is -0.335. The molecule has 4 nitrogen and oxygen atoms in total. The van der Waals surface area contributed by atoms with Gasteiger partial charge >= 0.3 is 0 Å². The summed E-state index contributed by atoms with van der Waals surface area (Å²) in [6, 6.07) is 16.0. The van der Waals surface area contributed by atoms with Crippen LogP contribution < -0.4 is 0 Å². The molecule has 0 amide bonds. The summed E-state index contributed by atoms with van der Waals surface area (Å²) in [7, 11) is -1.32. The van der Waals surface area contributed by atoms with E-state index in [1.54, 1.807) is 36.0 Å². The maximum absolute atomic E-state index is 13.9. The summed E-state index contributed by atoms with van der Waals surface area (Å²) in [5, 5.41) is 7.46. The zero-order valence-electron chi connectivity index (χ0n) is 13.5. The van der Waals surface area contributed by atoms with Gasteiger partial charge in [-0.25, -0.2) is 9.07 Å². The lowest BCUT2D eigenvalue weighted by Gasteiger charge is -2.16. The SMILES string of the molecule is C[C@H](c1cn(-c2ccccc2)nn1)[S@@](=O)[C@@H](C)c1ccccc1F. The van der Waals surface area contributed by atoms with Gasteiger partial charge in [-0.2, -0.15) is 0 Å². The van der Waals surface area contributed by atoms with Gasteiger partial charge in [0.15, 0.2) is 0 Å². The maximum atomic E-state index is 13.9. The Balaban J connectivity index is 1.82. The van der Waals surface area contributed by atoms with Gasteiger partial charge in [0.1, 0.15) is 5.82 Å². The van der Waals surface area contributed by atoms with E-state index < -0.39 is 16.0 Å². The Hall–Kier alpha value is -2.34. The third kappa shape index (κ3) is 3.28. The number of hydrogen-bond donors (Lipinski definition) is 0. The van der Waals surface area contributed by atoms with Gasteiger partial charge in [0.25, 0.3) is 0 Å². The normalized spacial score (nSPS) is 15.0. The number of para-hydroxylation sites is 1. The van der Waals surface area contributed by atoms with Gasteiger partial charge in [-0.05, 0) is 32.0 Å². The summed E-state index contributed by atoms with van der Waals surface area (Å²) in [5.41, 5.74) is 1.97. The maximum Gasteiger partial charge on any atom is 0.127 e. The molecule has 3 aromatic rings. The van der Waals surface area contributed by atoms with Crippen molar-refractivity contribution in [2.75, 3.05) is 0 Å². The van der Waals surface area contributed by atoms with E-state index in [1.165, 1.54) is 6.07 Å². The van der Waals surface area contributed by atoms with Crippen LogP contribution in [0.3, 0.4) is 0 Å². The number of nitrogens with zero attached hydrogens (tertiary/aromatic N) is 3. The summed E-state index contributed by atoms with van der Waals surface area (Å²) in [4.78, 5) is 0. The van der Waals surface area contributed by atoms with Crippen molar-refractivity contribution in [2.24, 2.45) is 0 Å². The van der Waals surface area contributed by atoms with Crippen molar-refractivity contribution in [1.82, 2.24) is 15.0 Å². The topological polar surface area (TPSA) is 47.8 Å². The van der Waals surface area contributed by atoms with Crippen LogP contribution in [0.25, 0.3) is 5.69 Å². The van der Waals surface area contributed by atoms with Crippen molar-refractivity contribution in [2.45, 2.75) is 24.3 Å². The highest BCUT2D eigenvalue weighted by Gasteiger charge is 2.25. The van der Waals surface area contributed by atoms with Gasteiger partial charge in [0, 0.05) is 16.4 Å². The molecule has 6 heteroatoms. The second kappa shape index (κ2) is 7.05.